The van der Waals surface area contributed by atoms with E-state index in [1.165, 1.54) is 36.8 Å². The third-order valence-electron chi connectivity index (χ3n) is 5.65. The minimum atomic E-state index is 0. The minimum Gasteiger partial charge on any atom is -0.493 e. The predicted octanol–water partition coefficient (Wildman–Crippen LogP) is 3.18. The van der Waals surface area contributed by atoms with Crippen LogP contribution in [0.1, 0.15) is 36.8 Å². The van der Waals surface area contributed by atoms with Crippen LogP contribution < -0.4 is 15.4 Å². The van der Waals surface area contributed by atoms with Crippen molar-refractivity contribution in [3.63, 3.8) is 0 Å². The van der Waals surface area contributed by atoms with E-state index in [4.69, 9.17) is 9.47 Å². The molecule has 164 valence electrons. The summed E-state index contributed by atoms with van der Waals surface area (Å²) in [4.78, 5) is 6.90. The van der Waals surface area contributed by atoms with Crippen LogP contribution in [-0.2, 0) is 11.3 Å². The van der Waals surface area contributed by atoms with Gasteiger partial charge in [0.25, 0.3) is 0 Å². The van der Waals surface area contributed by atoms with Crippen molar-refractivity contribution in [3.05, 3.63) is 29.3 Å². The van der Waals surface area contributed by atoms with E-state index < -0.39 is 0 Å². The van der Waals surface area contributed by atoms with E-state index in [0.717, 1.165) is 50.5 Å². The summed E-state index contributed by atoms with van der Waals surface area (Å²) in [6.07, 6.45) is 5.09. The number of benzene rings is 1. The molecule has 2 fully saturated rings. The molecule has 1 saturated carbocycles. The molecule has 1 unspecified atom stereocenters. The number of aliphatic imine (C=N–C) groups is 1. The summed E-state index contributed by atoms with van der Waals surface area (Å²) in [5, 5.41) is 6.94. The fraction of sp³-hybridized carbons (Fsp3) is 0.682. The second kappa shape index (κ2) is 12.6. The van der Waals surface area contributed by atoms with Crippen molar-refractivity contribution in [1.29, 1.82) is 0 Å². The monoisotopic (exact) mass is 516 g/mol. The Morgan fingerprint density at radius 2 is 2.07 bits per heavy atom. The van der Waals surface area contributed by atoms with Crippen LogP contribution in [0, 0.1) is 12.8 Å². The molecule has 6 nitrogen and oxygen atoms in total. The Hall–Kier alpha value is -1.06. The number of halogens is 1. The number of methoxy groups -OCH3 is 1. The summed E-state index contributed by atoms with van der Waals surface area (Å²) >= 11 is 0. The van der Waals surface area contributed by atoms with Crippen LogP contribution in [0.15, 0.2) is 23.2 Å². The summed E-state index contributed by atoms with van der Waals surface area (Å²) in [6, 6.07) is 6.98. The molecular formula is C22H37IN4O2. The van der Waals surface area contributed by atoms with Crippen LogP contribution in [0.3, 0.4) is 0 Å². The highest BCUT2D eigenvalue weighted by Gasteiger charge is 2.24. The van der Waals surface area contributed by atoms with E-state index in [1.807, 2.05) is 7.05 Å². The van der Waals surface area contributed by atoms with Gasteiger partial charge in [-0.25, -0.2) is 0 Å². The molecule has 2 N–H and O–H groups in total. The summed E-state index contributed by atoms with van der Waals surface area (Å²) in [5.41, 5.74) is 2.41. The second-order valence-electron chi connectivity index (χ2n) is 8.00. The molecule has 0 amide bonds. The molecule has 7 heteroatoms. The van der Waals surface area contributed by atoms with Crippen molar-refractivity contribution in [2.45, 2.75) is 45.2 Å². The molecule has 1 aromatic rings. The number of ether oxygens (including phenoxy) is 2. The second-order valence-corrected chi connectivity index (χ2v) is 8.00. The summed E-state index contributed by atoms with van der Waals surface area (Å²) in [5.74, 6) is 2.59. The number of guanidine groups is 1. The first kappa shape index (κ1) is 24.2. The van der Waals surface area contributed by atoms with Gasteiger partial charge < -0.3 is 20.1 Å². The Bertz CT molecular complexity index is 652. The van der Waals surface area contributed by atoms with Crippen molar-refractivity contribution >= 4 is 29.9 Å². The predicted molar refractivity (Wildman–Crippen MR) is 129 cm³/mol. The number of hydrogen-bond donors (Lipinski definition) is 2. The van der Waals surface area contributed by atoms with E-state index in [9.17, 15) is 0 Å². The smallest absolute Gasteiger partial charge is 0.191 e. The molecule has 0 spiro atoms. The third kappa shape index (κ3) is 7.94. The highest BCUT2D eigenvalue weighted by Crippen LogP contribution is 2.30. The SMILES string of the molecule is CN=C(NCc1ccc(C)cc1OCC1CC1)NCC1CCCN1CCOC.I. The van der Waals surface area contributed by atoms with Crippen LogP contribution in [0.5, 0.6) is 5.75 Å². The van der Waals surface area contributed by atoms with E-state index in [2.05, 4.69) is 45.6 Å². The zero-order valence-corrected chi connectivity index (χ0v) is 20.4. The molecule has 3 rings (SSSR count). The molecule has 1 atom stereocenters. The Morgan fingerprint density at radius 1 is 1.24 bits per heavy atom. The van der Waals surface area contributed by atoms with Crippen molar-refractivity contribution in [2.75, 3.05) is 47.0 Å². The normalized spacial score (nSPS) is 19.7. The lowest BCUT2D eigenvalue weighted by Crippen LogP contribution is -2.45. The quantitative estimate of drug-likeness (QED) is 0.284. The molecule has 29 heavy (non-hydrogen) atoms. The maximum atomic E-state index is 6.08. The highest BCUT2D eigenvalue weighted by molar-refractivity contribution is 14.0. The molecule has 0 aromatic heterocycles. The first-order valence-electron chi connectivity index (χ1n) is 10.6. The molecular weight excluding hydrogens is 479 g/mol. The van der Waals surface area contributed by atoms with Gasteiger partial charge in [0.1, 0.15) is 5.75 Å². The fourth-order valence-corrected chi connectivity index (χ4v) is 3.68. The Labute approximate surface area is 192 Å². The van der Waals surface area contributed by atoms with Gasteiger partial charge in [-0.2, -0.15) is 0 Å². The van der Waals surface area contributed by atoms with Crippen molar-refractivity contribution in [1.82, 2.24) is 15.5 Å². The van der Waals surface area contributed by atoms with Gasteiger partial charge in [0, 0.05) is 45.4 Å². The number of aryl methyl sites for hydroxylation is 1. The largest absolute Gasteiger partial charge is 0.493 e. The minimum absolute atomic E-state index is 0. The van der Waals surface area contributed by atoms with Crippen LogP contribution in [0.25, 0.3) is 0 Å². The summed E-state index contributed by atoms with van der Waals surface area (Å²) < 4.78 is 11.3. The van der Waals surface area contributed by atoms with Crippen molar-refractivity contribution < 1.29 is 9.47 Å². The topological polar surface area (TPSA) is 58.1 Å². The molecule has 1 saturated heterocycles. The molecule has 1 aromatic carbocycles. The zero-order chi connectivity index (χ0) is 19.8. The lowest BCUT2D eigenvalue weighted by Gasteiger charge is -2.25. The number of rotatable bonds is 10. The molecule has 2 aliphatic rings. The maximum absolute atomic E-state index is 6.08. The molecule has 1 heterocycles. The highest BCUT2D eigenvalue weighted by atomic mass is 127. The van der Waals surface area contributed by atoms with Gasteiger partial charge in [-0.1, -0.05) is 12.1 Å². The van der Waals surface area contributed by atoms with Gasteiger partial charge >= 0.3 is 0 Å². The number of nitrogens with one attached hydrogen (secondary N) is 2. The molecule has 0 radical (unpaired) electrons. The van der Waals surface area contributed by atoms with Gasteiger partial charge in [-0.3, -0.25) is 9.89 Å². The van der Waals surface area contributed by atoms with Gasteiger partial charge in [0.05, 0.1) is 13.2 Å². The lowest BCUT2D eigenvalue weighted by atomic mass is 10.1. The van der Waals surface area contributed by atoms with E-state index in [1.54, 1.807) is 7.11 Å². The van der Waals surface area contributed by atoms with Crippen LogP contribution >= 0.6 is 24.0 Å². The van der Waals surface area contributed by atoms with Gasteiger partial charge in [-0.05, 0) is 56.7 Å². The van der Waals surface area contributed by atoms with Crippen molar-refractivity contribution in [3.8, 4) is 5.75 Å². The van der Waals surface area contributed by atoms with Gasteiger partial charge in [0.15, 0.2) is 5.96 Å². The zero-order valence-electron chi connectivity index (χ0n) is 18.1. The summed E-state index contributed by atoms with van der Waals surface area (Å²) in [6.45, 7) is 7.51. The maximum Gasteiger partial charge on any atom is 0.191 e. The first-order chi connectivity index (χ1) is 13.7. The van der Waals surface area contributed by atoms with Crippen LogP contribution in [-0.4, -0.2) is 63.9 Å². The average Bonchev–Trinajstić information content (AvgIpc) is 3.43. The fourth-order valence-electron chi connectivity index (χ4n) is 3.68. The van der Waals surface area contributed by atoms with Crippen LogP contribution in [0.4, 0.5) is 0 Å². The van der Waals surface area contributed by atoms with E-state index in [-0.39, 0.29) is 24.0 Å². The van der Waals surface area contributed by atoms with E-state index >= 15 is 0 Å². The van der Waals surface area contributed by atoms with Gasteiger partial charge in [-0.15, -0.1) is 24.0 Å². The van der Waals surface area contributed by atoms with Crippen molar-refractivity contribution in [2.24, 2.45) is 10.9 Å². The standard InChI is InChI=1S/C22H36N4O2.HI/c1-17-6-9-19(21(13-17)28-16-18-7-8-18)14-24-22(23-2)25-15-20-5-4-10-26(20)11-12-27-3;/h6,9,13,18,20H,4-5,7-8,10-12,14-16H2,1-3H3,(H2,23,24,25);1H. The number of nitrogens with zero attached hydrogens (tertiary/aromatic N) is 2. The molecule has 1 aliphatic heterocycles. The average molecular weight is 516 g/mol. The Morgan fingerprint density at radius 3 is 2.79 bits per heavy atom. The summed E-state index contributed by atoms with van der Waals surface area (Å²) in [7, 11) is 3.59. The first-order valence-corrected chi connectivity index (χ1v) is 10.6. The third-order valence-corrected chi connectivity index (χ3v) is 5.65. The Balaban J connectivity index is 0.00000300. The van der Waals surface area contributed by atoms with Crippen LogP contribution in [0.2, 0.25) is 0 Å². The Kier molecular flexibility index (Phi) is 10.5. The number of likely N-dealkylation sites (tertiary alicyclic amines) is 1. The van der Waals surface area contributed by atoms with E-state index in [0.29, 0.717) is 12.6 Å². The number of hydrogen-bond acceptors (Lipinski definition) is 4. The molecule has 0 bridgehead atoms. The molecule has 1 aliphatic carbocycles. The van der Waals surface area contributed by atoms with Gasteiger partial charge in [0.2, 0.25) is 0 Å². The lowest BCUT2D eigenvalue weighted by molar-refractivity contribution is 0.141.